The van der Waals surface area contributed by atoms with Gasteiger partial charge in [-0.3, -0.25) is 9.79 Å². The number of carbonyl (C=O) groups excluding carboxylic acids is 1. The predicted molar refractivity (Wildman–Crippen MR) is 98.5 cm³/mol. The first-order valence-electron chi connectivity index (χ1n) is 7.97. The van der Waals surface area contributed by atoms with Gasteiger partial charge in [-0.2, -0.15) is 0 Å². The summed E-state index contributed by atoms with van der Waals surface area (Å²) in [6.45, 7) is 11.2. The lowest BCUT2D eigenvalue weighted by atomic mass is 10.1. The van der Waals surface area contributed by atoms with Gasteiger partial charge in [-0.15, -0.1) is 0 Å². The molecule has 0 fully saturated rings. The number of aryl methyl sites for hydroxylation is 1. The van der Waals surface area contributed by atoms with Gasteiger partial charge in [0, 0.05) is 18.8 Å². The van der Waals surface area contributed by atoms with Crippen molar-refractivity contribution in [2.75, 3.05) is 0 Å². The van der Waals surface area contributed by atoms with E-state index in [2.05, 4.69) is 54.7 Å². The van der Waals surface area contributed by atoms with Gasteiger partial charge in [-0.25, -0.2) is 0 Å². The van der Waals surface area contributed by atoms with Gasteiger partial charge in [0.05, 0.1) is 5.70 Å². The van der Waals surface area contributed by atoms with E-state index in [1.54, 1.807) is 18.4 Å². The molecule has 1 rings (SSSR count). The highest BCUT2D eigenvalue weighted by atomic mass is 16.1. The van der Waals surface area contributed by atoms with E-state index < -0.39 is 0 Å². The molecule has 1 aromatic carbocycles. The molecule has 23 heavy (non-hydrogen) atoms. The summed E-state index contributed by atoms with van der Waals surface area (Å²) in [4.78, 5) is 15.2. The van der Waals surface area contributed by atoms with E-state index in [1.165, 1.54) is 31.7 Å². The molecule has 0 saturated carbocycles. The Bertz CT molecular complexity index is 595. The fraction of sp³-hybridized carbons (Fsp3) is 0.300. The summed E-state index contributed by atoms with van der Waals surface area (Å²) in [7, 11) is 0. The van der Waals surface area contributed by atoms with Gasteiger partial charge in [0.25, 0.3) is 0 Å². The van der Waals surface area contributed by atoms with Crippen LogP contribution in [0.2, 0.25) is 0 Å². The van der Waals surface area contributed by atoms with Crippen molar-refractivity contribution in [2.24, 2.45) is 4.99 Å². The Balaban J connectivity index is 2.50. The third-order valence-corrected chi connectivity index (χ3v) is 3.24. The van der Waals surface area contributed by atoms with E-state index >= 15 is 0 Å². The van der Waals surface area contributed by atoms with Gasteiger partial charge in [0.1, 0.15) is 0 Å². The Morgan fingerprint density at radius 3 is 2.48 bits per heavy atom. The standard InChI is InChI=1S/C20H26N2O/c1-5-6-7-8-19-11-13-20(14-12-19)15-21-16(2)9-10-17(3)22-18(4)23/h9-15H,2-3,5-8H2,1,4H3,(H,22,23)/b10-9-,21-15?. The molecule has 1 N–H and O–H groups in total. The van der Waals surface area contributed by atoms with Crippen molar-refractivity contribution in [3.8, 4) is 0 Å². The molecule has 0 heterocycles. The molecular formula is C20H26N2O. The minimum absolute atomic E-state index is 0.146. The molecule has 0 radical (unpaired) electrons. The van der Waals surface area contributed by atoms with Crippen LogP contribution in [0.25, 0.3) is 0 Å². The third-order valence-electron chi connectivity index (χ3n) is 3.24. The van der Waals surface area contributed by atoms with E-state index in [-0.39, 0.29) is 5.91 Å². The van der Waals surface area contributed by atoms with Crippen molar-refractivity contribution in [1.29, 1.82) is 0 Å². The van der Waals surface area contributed by atoms with E-state index in [1.807, 2.05) is 0 Å². The van der Waals surface area contributed by atoms with Gasteiger partial charge in [-0.05, 0) is 36.1 Å². The maximum Gasteiger partial charge on any atom is 0.221 e. The smallest absolute Gasteiger partial charge is 0.221 e. The minimum Gasteiger partial charge on any atom is -0.327 e. The second-order valence-electron chi connectivity index (χ2n) is 5.49. The molecule has 0 unspecified atom stereocenters. The van der Waals surface area contributed by atoms with Gasteiger partial charge < -0.3 is 5.32 Å². The summed E-state index contributed by atoms with van der Waals surface area (Å²) in [6, 6.07) is 8.43. The zero-order valence-corrected chi connectivity index (χ0v) is 14.1. The monoisotopic (exact) mass is 310 g/mol. The number of unbranched alkanes of at least 4 members (excludes halogenated alkanes) is 2. The highest BCUT2D eigenvalue weighted by Gasteiger charge is 1.94. The molecule has 3 heteroatoms. The zero-order valence-electron chi connectivity index (χ0n) is 14.1. The fourth-order valence-electron chi connectivity index (χ4n) is 2.01. The molecule has 0 aliphatic rings. The summed E-state index contributed by atoms with van der Waals surface area (Å²) in [5, 5.41) is 2.59. The maximum absolute atomic E-state index is 10.9. The number of benzene rings is 1. The lowest BCUT2D eigenvalue weighted by Gasteiger charge is -2.01. The van der Waals surface area contributed by atoms with Gasteiger partial charge in [0.2, 0.25) is 5.91 Å². The van der Waals surface area contributed by atoms with Crippen LogP contribution in [-0.2, 0) is 11.2 Å². The Labute approximate surface area is 139 Å². The largest absolute Gasteiger partial charge is 0.327 e. The number of hydrogen-bond donors (Lipinski definition) is 1. The average Bonchev–Trinajstić information content (AvgIpc) is 2.52. The number of rotatable bonds is 9. The number of hydrogen-bond acceptors (Lipinski definition) is 2. The number of aliphatic imine (C=N–C) groups is 1. The SMILES string of the molecule is C=C(/C=C\C(=C)NC(C)=O)N=Cc1ccc(CCCCC)cc1. The molecule has 1 aromatic rings. The number of carbonyl (C=O) groups is 1. The fourth-order valence-corrected chi connectivity index (χ4v) is 2.01. The Kier molecular flexibility index (Phi) is 8.37. The van der Waals surface area contributed by atoms with Crippen LogP contribution in [0.1, 0.15) is 44.2 Å². The third kappa shape index (κ3) is 8.57. The van der Waals surface area contributed by atoms with Crippen LogP contribution in [0.5, 0.6) is 0 Å². The molecule has 0 spiro atoms. The van der Waals surface area contributed by atoms with Crippen molar-refractivity contribution in [3.05, 3.63) is 72.1 Å². The van der Waals surface area contributed by atoms with Crippen molar-refractivity contribution in [3.63, 3.8) is 0 Å². The summed E-state index contributed by atoms with van der Waals surface area (Å²) in [6.07, 6.45) is 10.1. The lowest BCUT2D eigenvalue weighted by molar-refractivity contribution is -0.118. The van der Waals surface area contributed by atoms with Crippen LogP contribution in [0.4, 0.5) is 0 Å². The molecule has 3 nitrogen and oxygen atoms in total. The number of allylic oxidation sites excluding steroid dienone is 2. The lowest BCUT2D eigenvalue weighted by Crippen LogP contribution is -2.16. The first kappa shape index (κ1) is 18.6. The van der Waals surface area contributed by atoms with Crippen molar-refractivity contribution < 1.29 is 4.79 Å². The van der Waals surface area contributed by atoms with Crippen molar-refractivity contribution in [2.45, 2.75) is 39.5 Å². The molecule has 1 amide bonds. The summed E-state index contributed by atoms with van der Waals surface area (Å²) in [5.74, 6) is -0.146. The van der Waals surface area contributed by atoms with E-state index in [9.17, 15) is 4.79 Å². The average molecular weight is 310 g/mol. The first-order chi connectivity index (χ1) is 11.0. The molecule has 0 atom stereocenters. The molecule has 0 bridgehead atoms. The van der Waals surface area contributed by atoms with Crippen LogP contribution in [-0.4, -0.2) is 12.1 Å². The molecule has 0 aliphatic carbocycles. The van der Waals surface area contributed by atoms with E-state index in [0.29, 0.717) is 11.4 Å². The Morgan fingerprint density at radius 1 is 1.17 bits per heavy atom. The quantitative estimate of drug-likeness (QED) is 0.405. The molecular weight excluding hydrogens is 284 g/mol. The normalized spacial score (nSPS) is 11.0. The van der Waals surface area contributed by atoms with Crippen LogP contribution in [0, 0.1) is 0 Å². The van der Waals surface area contributed by atoms with Gasteiger partial charge in [0.15, 0.2) is 0 Å². The highest BCUT2D eigenvalue weighted by Crippen LogP contribution is 2.08. The van der Waals surface area contributed by atoms with E-state index in [0.717, 1.165) is 12.0 Å². The Morgan fingerprint density at radius 2 is 1.87 bits per heavy atom. The summed E-state index contributed by atoms with van der Waals surface area (Å²) < 4.78 is 0. The number of nitrogens with one attached hydrogen (secondary N) is 1. The van der Waals surface area contributed by atoms with E-state index in [4.69, 9.17) is 0 Å². The van der Waals surface area contributed by atoms with Crippen LogP contribution in [0.3, 0.4) is 0 Å². The van der Waals surface area contributed by atoms with Crippen LogP contribution in [0.15, 0.2) is 66.0 Å². The first-order valence-corrected chi connectivity index (χ1v) is 7.97. The number of nitrogens with zero attached hydrogens (tertiary/aromatic N) is 1. The zero-order chi connectivity index (χ0) is 17.1. The summed E-state index contributed by atoms with van der Waals surface area (Å²) >= 11 is 0. The second kappa shape index (κ2) is 10.3. The molecule has 0 aliphatic heterocycles. The topological polar surface area (TPSA) is 41.5 Å². The van der Waals surface area contributed by atoms with Crippen LogP contribution < -0.4 is 5.32 Å². The van der Waals surface area contributed by atoms with Crippen molar-refractivity contribution in [1.82, 2.24) is 5.32 Å². The Hall–Kier alpha value is -2.42. The molecule has 0 aromatic heterocycles. The second-order valence-corrected chi connectivity index (χ2v) is 5.49. The van der Waals surface area contributed by atoms with Crippen molar-refractivity contribution >= 4 is 12.1 Å². The summed E-state index contributed by atoms with van der Waals surface area (Å²) in [5.41, 5.74) is 3.52. The van der Waals surface area contributed by atoms with Gasteiger partial charge in [-0.1, -0.05) is 57.2 Å². The minimum atomic E-state index is -0.146. The van der Waals surface area contributed by atoms with Gasteiger partial charge >= 0.3 is 0 Å². The predicted octanol–water partition coefficient (Wildman–Crippen LogP) is 4.56. The maximum atomic E-state index is 10.9. The van der Waals surface area contributed by atoms with Crippen LogP contribution >= 0.6 is 0 Å². The molecule has 0 saturated heterocycles. The highest BCUT2D eigenvalue weighted by molar-refractivity contribution is 5.80. The molecule has 122 valence electrons. The number of amides is 1.